The van der Waals surface area contributed by atoms with E-state index in [2.05, 4.69) is 0 Å². The molecule has 0 unspecified atom stereocenters. The van der Waals surface area contributed by atoms with Gasteiger partial charge in [-0.3, -0.25) is 9.59 Å². The Morgan fingerprint density at radius 3 is 2.11 bits per heavy atom. The summed E-state index contributed by atoms with van der Waals surface area (Å²) in [6, 6.07) is 0. The van der Waals surface area contributed by atoms with Gasteiger partial charge in [-0.1, -0.05) is 47.0 Å². The maximum Gasteiger partial charge on any atom is 0.307 e. The molecule has 0 aromatic rings. The van der Waals surface area contributed by atoms with Gasteiger partial charge in [0, 0.05) is 12.3 Å². The number of rotatable bonds is 5. The lowest BCUT2D eigenvalue weighted by Crippen LogP contribution is -2.33. The Hall–Kier alpha value is -0.860. The van der Waals surface area contributed by atoms with Gasteiger partial charge in [-0.15, -0.1) is 0 Å². The Bertz CT molecular complexity index is 321. The predicted octanol–water partition coefficient (Wildman–Crippen LogP) is 3.91. The first-order chi connectivity index (χ1) is 8.73. The van der Waals surface area contributed by atoms with E-state index in [-0.39, 0.29) is 23.5 Å². The highest BCUT2D eigenvalue weighted by molar-refractivity contribution is 5.85. The van der Waals surface area contributed by atoms with Crippen LogP contribution in [0.2, 0.25) is 0 Å². The van der Waals surface area contributed by atoms with Crippen LogP contribution < -0.4 is 0 Å². The van der Waals surface area contributed by atoms with E-state index in [4.69, 9.17) is 0 Å². The molecule has 3 nitrogen and oxygen atoms in total. The summed E-state index contributed by atoms with van der Waals surface area (Å²) in [4.78, 5) is 23.7. The summed E-state index contributed by atoms with van der Waals surface area (Å²) in [6.45, 7) is 7.67. The van der Waals surface area contributed by atoms with E-state index in [9.17, 15) is 14.7 Å². The van der Waals surface area contributed by atoms with Gasteiger partial charge >= 0.3 is 5.97 Å². The van der Waals surface area contributed by atoms with Gasteiger partial charge in [0.05, 0.1) is 5.92 Å². The molecule has 0 bridgehead atoms. The van der Waals surface area contributed by atoms with Gasteiger partial charge in [0.1, 0.15) is 5.78 Å². The minimum Gasteiger partial charge on any atom is -0.481 e. The molecule has 0 spiro atoms. The third-order valence-electron chi connectivity index (χ3n) is 4.61. The van der Waals surface area contributed by atoms with Crippen LogP contribution in [0.25, 0.3) is 0 Å². The second-order valence-electron chi connectivity index (χ2n) is 7.11. The Kier molecular flexibility index (Phi) is 5.57. The monoisotopic (exact) mass is 268 g/mol. The molecule has 0 saturated heterocycles. The third kappa shape index (κ3) is 4.63. The molecule has 2 atom stereocenters. The molecule has 0 heterocycles. The van der Waals surface area contributed by atoms with Crippen molar-refractivity contribution in [2.45, 2.75) is 66.2 Å². The zero-order valence-corrected chi connectivity index (χ0v) is 12.7. The third-order valence-corrected chi connectivity index (χ3v) is 4.61. The van der Waals surface area contributed by atoms with E-state index >= 15 is 0 Å². The predicted molar refractivity (Wildman–Crippen MR) is 75.9 cm³/mol. The minimum absolute atomic E-state index is 0.0181. The number of aliphatic carboxylic acids is 1. The molecule has 19 heavy (non-hydrogen) atoms. The van der Waals surface area contributed by atoms with Crippen LogP contribution in [0.4, 0.5) is 0 Å². The highest BCUT2D eigenvalue weighted by Gasteiger charge is 2.35. The van der Waals surface area contributed by atoms with E-state index in [1.165, 1.54) is 19.3 Å². The van der Waals surface area contributed by atoms with Gasteiger partial charge in [-0.05, 0) is 24.2 Å². The summed E-state index contributed by atoms with van der Waals surface area (Å²) in [5.41, 5.74) is -0.367. The first-order valence-electron chi connectivity index (χ1n) is 7.49. The number of hydrogen-bond acceptors (Lipinski definition) is 2. The zero-order chi connectivity index (χ0) is 14.6. The Labute approximate surface area is 116 Å². The second-order valence-corrected chi connectivity index (χ2v) is 7.11. The van der Waals surface area contributed by atoms with Crippen LogP contribution in [-0.2, 0) is 9.59 Å². The van der Waals surface area contributed by atoms with Crippen molar-refractivity contribution in [3.8, 4) is 0 Å². The van der Waals surface area contributed by atoms with Crippen LogP contribution in [-0.4, -0.2) is 16.9 Å². The van der Waals surface area contributed by atoms with E-state index in [1.54, 1.807) is 0 Å². The van der Waals surface area contributed by atoms with Crippen LogP contribution in [0, 0.1) is 23.2 Å². The molecule has 110 valence electrons. The molecule has 0 aromatic carbocycles. The first kappa shape index (κ1) is 16.2. The number of ketones is 1. The number of hydrogen-bond donors (Lipinski definition) is 1. The standard InChI is InChI=1S/C16H28O3/c1-11(12-8-6-5-7-9-12)14(17)10-13(15(18)19)16(2,3)4/h11-13H,5-10H2,1-4H3,(H,18,19)/t11-,13+/m0/s1. The number of carboxylic acid groups (broad SMARTS) is 1. The normalized spacial score (nSPS) is 20.8. The van der Waals surface area contributed by atoms with Crippen molar-refractivity contribution in [1.29, 1.82) is 0 Å². The smallest absolute Gasteiger partial charge is 0.307 e. The van der Waals surface area contributed by atoms with Gasteiger partial charge < -0.3 is 5.11 Å². The summed E-state index contributed by atoms with van der Waals surface area (Å²) in [5.74, 6) is -0.808. The topological polar surface area (TPSA) is 54.4 Å². The fourth-order valence-electron chi connectivity index (χ4n) is 3.05. The zero-order valence-electron chi connectivity index (χ0n) is 12.7. The summed E-state index contributed by atoms with van der Waals surface area (Å²) in [5, 5.41) is 9.30. The molecule has 1 aliphatic rings. The lowest BCUT2D eigenvalue weighted by Gasteiger charge is -2.30. The van der Waals surface area contributed by atoms with E-state index in [0.29, 0.717) is 5.92 Å². The van der Waals surface area contributed by atoms with Gasteiger partial charge in [-0.2, -0.15) is 0 Å². The number of Topliss-reactive ketones (excluding diaryl/α,β-unsaturated/α-hetero) is 1. The highest BCUT2D eigenvalue weighted by atomic mass is 16.4. The average Bonchev–Trinajstić information content (AvgIpc) is 2.34. The summed E-state index contributed by atoms with van der Waals surface area (Å²) < 4.78 is 0. The van der Waals surface area contributed by atoms with Crippen LogP contribution in [0.3, 0.4) is 0 Å². The molecule has 0 amide bonds. The van der Waals surface area contributed by atoms with Crippen LogP contribution in [0.15, 0.2) is 0 Å². The Balaban J connectivity index is 2.63. The molecule has 0 aromatic heterocycles. The lowest BCUT2D eigenvalue weighted by molar-refractivity contribution is -0.148. The first-order valence-corrected chi connectivity index (χ1v) is 7.49. The van der Waals surface area contributed by atoms with Crippen molar-refractivity contribution in [1.82, 2.24) is 0 Å². The fraction of sp³-hybridized carbons (Fsp3) is 0.875. The quantitative estimate of drug-likeness (QED) is 0.822. The maximum absolute atomic E-state index is 12.3. The van der Waals surface area contributed by atoms with Crippen molar-refractivity contribution < 1.29 is 14.7 Å². The van der Waals surface area contributed by atoms with Gasteiger partial charge in [0.2, 0.25) is 0 Å². The van der Waals surface area contributed by atoms with E-state index in [1.807, 2.05) is 27.7 Å². The molecular formula is C16H28O3. The SMILES string of the molecule is C[C@H](C(=O)C[C@H](C(=O)O)C(C)(C)C)C1CCCCC1. The molecule has 3 heteroatoms. The minimum atomic E-state index is -0.850. The number of carbonyl (C=O) groups is 2. The van der Waals surface area contributed by atoms with Crippen molar-refractivity contribution in [2.75, 3.05) is 0 Å². The van der Waals surface area contributed by atoms with Crippen molar-refractivity contribution >= 4 is 11.8 Å². The van der Waals surface area contributed by atoms with Gasteiger partial charge in [0.15, 0.2) is 0 Å². The van der Waals surface area contributed by atoms with Crippen LogP contribution >= 0.6 is 0 Å². The molecule has 0 aliphatic heterocycles. The maximum atomic E-state index is 12.3. The number of carboxylic acids is 1. The van der Waals surface area contributed by atoms with E-state index < -0.39 is 11.9 Å². The largest absolute Gasteiger partial charge is 0.481 e. The van der Waals surface area contributed by atoms with Crippen LogP contribution in [0.5, 0.6) is 0 Å². The fourth-order valence-corrected chi connectivity index (χ4v) is 3.05. The van der Waals surface area contributed by atoms with Crippen LogP contribution in [0.1, 0.15) is 66.2 Å². The van der Waals surface area contributed by atoms with Gasteiger partial charge in [-0.25, -0.2) is 0 Å². The highest BCUT2D eigenvalue weighted by Crippen LogP contribution is 2.34. The molecular weight excluding hydrogens is 240 g/mol. The lowest BCUT2D eigenvalue weighted by atomic mass is 9.73. The molecule has 1 fully saturated rings. The summed E-state index contributed by atoms with van der Waals surface area (Å²) in [7, 11) is 0. The molecule has 1 N–H and O–H groups in total. The van der Waals surface area contributed by atoms with Crippen molar-refractivity contribution in [2.24, 2.45) is 23.2 Å². The Morgan fingerprint density at radius 2 is 1.68 bits per heavy atom. The van der Waals surface area contributed by atoms with Gasteiger partial charge in [0.25, 0.3) is 0 Å². The molecule has 1 rings (SSSR count). The van der Waals surface area contributed by atoms with Crippen molar-refractivity contribution in [3.05, 3.63) is 0 Å². The Morgan fingerprint density at radius 1 is 1.16 bits per heavy atom. The second kappa shape index (κ2) is 6.53. The average molecular weight is 268 g/mol. The number of carbonyl (C=O) groups excluding carboxylic acids is 1. The molecule has 1 aliphatic carbocycles. The summed E-state index contributed by atoms with van der Waals surface area (Å²) in [6.07, 6.45) is 6.13. The van der Waals surface area contributed by atoms with Crippen molar-refractivity contribution in [3.63, 3.8) is 0 Å². The van der Waals surface area contributed by atoms with E-state index in [0.717, 1.165) is 12.8 Å². The molecule has 1 saturated carbocycles. The molecule has 0 radical (unpaired) electrons. The summed E-state index contributed by atoms with van der Waals surface area (Å²) >= 11 is 0.